The lowest BCUT2D eigenvalue weighted by Gasteiger charge is -2.29. The minimum atomic E-state index is -0.300. The molecule has 1 heterocycles. The Morgan fingerprint density at radius 3 is 2.00 bits per heavy atom. The maximum atomic E-state index is 13.7. The molecular formula is C31H28N2O4. The van der Waals surface area contributed by atoms with E-state index in [1.807, 2.05) is 80.6 Å². The summed E-state index contributed by atoms with van der Waals surface area (Å²) in [6, 6.07) is 24.1. The molecule has 4 aromatic carbocycles. The highest BCUT2D eigenvalue weighted by Crippen LogP contribution is 2.30. The molecule has 3 amide bonds. The summed E-state index contributed by atoms with van der Waals surface area (Å²) in [6.07, 6.45) is 0.429. The Morgan fingerprint density at radius 2 is 1.43 bits per heavy atom. The number of benzene rings is 4. The molecule has 1 aliphatic rings. The van der Waals surface area contributed by atoms with Gasteiger partial charge in [0, 0.05) is 40.9 Å². The van der Waals surface area contributed by atoms with Gasteiger partial charge in [-0.1, -0.05) is 41.5 Å². The Bertz CT molecular complexity index is 1450. The van der Waals surface area contributed by atoms with Crippen LogP contribution in [0, 0.1) is 13.8 Å². The molecule has 0 saturated heterocycles. The maximum Gasteiger partial charge on any atom is 0.261 e. The number of ether oxygens (including phenoxy) is 1. The topological polar surface area (TPSA) is 66.9 Å². The Balaban J connectivity index is 1.40. The molecule has 6 heteroatoms. The average molecular weight is 493 g/mol. The van der Waals surface area contributed by atoms with E-state index in [0.29, 0.717) is 40.8 Å². The molecule has 0 saturated carbocycles. The molecule has 4 aromatic rings. The second-order valence-corrected chi connectivity index (χ2v) is 9.36. The quantitative estimate of drug-likeness (QED) is 0.306. The zero-order valence-corrected chi connectivity index (χ0v) is 21.2. The molecule has 0 radical (unpaired) electrons. The van der Waals surface area contributed by atoms with E-state index in [4.69, 9.17) is 4.74 Å². The van der Waals surface area contributed by atoms with Gasteiger partial charge in [0.15, 0.2) is 0 Å². The molecule has 0 atom stereocenters. The molecule has 6 nitrogen and oxygen atoms in total. The van der Waals surface area contributed by atoms with Crippen molar-refractivity contribution in [3.05, 3.63) is 107 Å². The number of amides is 3. The van der Waals surface area contributed by atoms with Crippen molar-refractivity contribution in [1.82, 2.24) is 4.90 Å². The van der Waals surface area contributed by atoms with Crippen molar-refractivity contribution < 1.29 is 19.1 Å². The fourth-order valence-corrected chi connectivity index (χ4v) is 5.03. The predicted molar refractivity (Wildman–Crippen MR) is 145 cm³/mol. The Morgan fingerprint density at radius 1 is 0.838 bits per heavy atom. The normalized spacial score (nSPS) is 12.7. The van der Waals surface area contributed by atoms with Gasteiger partial charge in [-0.3, -0.25) is 19.3 Å². The van der Waals surface area contributed by atoms with E-state index in [0.717, 1.165) is 22.2 Å². The Kier molecular flexibility index (Phi) is 6.49. The van der Waals surface area contributed by atoms with Gasteiger partial charge >= 0.3 is 0 Å². The van der Waals surface area contributed by atoms with Crippen LogP contribution < -0.4 is 9.64 Å². The van der Waals surface area contributed by atoms with Gasteiger partial charge in [0.05, 0.1) is 7.11 Å². The predicted octanol–water partition coefficient (Wildman–Crippen LogP) is 5.80. The highest BCUT2D eigenvalue weighted by atomic mass is 16.5. The van der Waals surface area contributed by atoms with Crippen LogP contribution in [-0.2, 0) is 0 Å². The van der Waals surface area contributed by atoms with Gasteiger partial charge in [-0.2, -0.15) is 0 Å². The van der Waals surface area contributed by atoms with Crippen molar-refractivity contribution in [3.8, 4) is 5.75 Å². The second kappa shape index (κ2) is 9.90. The number of hydrogen-bond acceptors (Lipinski definition) is 4. The smallest absolute Gasteiger partial charge is 0.261 e. The summed E-state index contributed by atoms with van der Waals surface area (Å²) in [7, 11) is 1.60. The number of nitrogens with zero attached hydrogens (tertiary/aromatic N) is 2. The minimum absolute atomic E-state index is 0.136. The lowest BCUT2D eigenvalue weighted by atomic mass is 9.94. The summed E-state index contributed by atoms with van der Waals surface area (Å²) in [6.45, 7) is 4.47. The van der Waals surface area contributed by atoms with E-state index in [1.54, 1.807) is 24.1 Å². The number of methoxy groups -OCH3 is 1. The first-order valence-electron chi connectivity index (χ1n) is 12.3. The molecule has 1 aliphatic heterocycles. The van der Waals surface area contributed by atoms with E-state index in [2.05, 4.69) is 0 Å². The van der Waals surface area contributed by atoms with Crippen LogP contribution in [0.25, 0.3) is 10.8 Å². The van der Waals surface area contributed by atoms with Gasteiger partial charge in [-0.25, -0.2) is 0 Å². The molecule has 0 N–H and O–H groups in total. The third kappa shape index (κ3) is 4.58. The van der Waals surface area contributed by atoms with Crippen LogP contribution in [0.2, 0.25) is 0 Å². The SMILES string of the molecule is COc1ccc(N(CCCN2C(=O)c3cccc4cccc(c34)C2=O)C(=O)c2cc(C)cc(C)c2)cc1. The molecule has 186 valence electrons. The van der Waals surface area contributed by atoms with Crippen molar-refractivity contribution in [2.75, 3.05) is 25.1 Å². The number of hydrogen-bond donors (Lipinski definition) is 0. The molecule has 0 unspecified atom stereocenters. The monoisotopic (exact) mass is 492 g/mol. The summed E-state index contributed by atoms with van der Waals surface area (Å²) < 4.78 is 5.28. The fraction of sp³-hybridized carbons (Fsp3) is 0.194. The van der Waals surface area contributed by atoms with Crippen LogP contribution >= 0.6 is 0 Å². The van der Waals surface area contributed by atoms with Gasteiger partial charge in [-0.15, -0.1) is 0 Å². The lowest BCUT2D eigenvalue weighted by Crippen LogP contribution is -2.42. The molecule has 0 spiro atoms. The van der Waals surface area contributed by atoms with Gasteiger partial charge in [0.1, 0.15) is 5.75 Å². The third-order valence-corrected chi connectivity index (χ3v) is 6.72. The molecule has 0 aromatic heterocycles. The maximum absolute atomic E-state index is 13.7. The van der Waals surface area contributed by atoms with Crippen LogP contribution in [-0.4, -0.2) is 42.8 Å². The van der Waals surface area contributed by atoms with Crippen LogP contribution in [0.5, 0.6) is 5.75 Å². The highest BCUT2D eigenvalue weighted by molar-refractivity contribution is 6.25. The van der Waals surface area contributed by atoms with Crippen molar-refractivity contribution in [2.45, 2.75) is 20.3 Å². The van der Waals surface area contributed by atoms with Crippen molar-refractivity contribution in [3.63, 3.8) is 0 Å². The number of imide groups is 1. The third-order valence-electron chi connectivity index (χ3n) is 6.72. The van der Waals surface area contributed by atoms with Crippen LogP contribution in [0.1, 0.15) is 48.6 Å². The van der Waals surface area contributed by atoms with Gasteiger partial charge < -0.3 is 9.64 Å². The molecule has 0 aliphatic carbocycles. The zero-order chi connectivity index (χ0) is 26.1. The van der Waals surface area contributed by atoms with E-state index in [9.17, 15) is 14.4 Å². The van der Waals surface area contributed by atoms with Crippen molar-refractivity contribution in [2.24, 2.45) is 0 Å². The average Bonchev–Trinajstić information content (AvgIpc) is 2.90. The van der Waals surface area contributed by atoms with E-state index >= 15 is 0 Å². The lowest BCUT2D eigenvalue weighted by molar-refractivity contribution is 0.0610. The number of anilines is 1. The number of rotatable bonds is 7. The van der Waals surface area contributed by atoms with Crippen LogP contribution in [0.4, 0.5) is 5.69 Å². The van der Waals surface area contributed by atoms with E-state index in [1.165, 1.54) is 4.90 Å². The molecule has 5 rings (SSSR count). The largest absolute Gasteiger partial charge is 0.497 e. The van der Waals surface area contributed by atoms with Gasteiger partial charge in [0.2, 0.25) is 0 Å². The van der Waals surface area contributed by atoms with Crippen LogP contribution in [0.15, 0.2) is 78.9 Å². The summed E-state index contributed by atoms with van der Waals surface area (Å²) in [5.74, 6) is -0.0415. The first kappa shape index (κ1) is 24.3. The first-order valence-corrected chi connectivity index (χ1v) is 12.3. The molecular weight excluding hydrogens is 464 g/mol. The van der Waals surface area contributed by atoms with Gasteiger partial charge in [-0.05, 0) is 74.2 Å². The van der Waals surface area contributed by atoms with Crippen molar-refractivity contribution >= 4 is 34.2 Å². The number of carbonyl (C=O) groups is 3. The molecule has 0 bridgehead atoms. The molecule has 0 fully saturated rings. The number of aryl methyl sites for hydroxylation is 2. The minimum Gasteiger partial charge on any atom is -0.497 e. The summed E-state index contributed by atoms with van der Waals surface area (Å²) >= 11 is 0. The Labute approximate surface area is 216 Å². The van der Waals surface area contributed by atoms with Gasteiger partial charge in [0.25, 0.3) is 17.7 Å². The van der Waals surface area contributed by atoms with Crippen LogP contribution in [0.3, 0.4) is 0 Å². The summed E-state index contributed by atoms with van der Waals surface area (Å²) in [5, 5.41) is 1.59. The fourth-order valence-electron chi connectivity index (χ4n) is 5.03. The number of carbonyl (C=O) groups excluding carboxylic acids is 3. The Hall–Kier alpha value is -4.45. The van der Waals surface area contributed by atoms with E-state index in [-0.39, 0.29) is 24.3 Å². The molecule has 37 heavy (non-hydrogen) atoms. The summed E-state index contributed by atoms with van der Waals surface area (Å²) in [4.78, 5) is 43.2. The van der Waals surface area contributed by atoms with E-state index < -0.39 is 0 Å². The summed E-state index contributed by atoms with van der Waals surface area (Å²) in [5.41, 5.74) is 4.40. The highest BCUT2D eigenvalue weighted by Gasteiger charge is 2.32. The first-order chi connectivity index (χ1) is 17.9. The second-order valence-electron chi connectivity index (χ2n) is 9.36. The standard InChI is InChI=1S/C31H28N2O4/c1-20-17-21(2)19-23(18-20)29(34)32(24-11-13-25(37-3)14-12-24)15-6-16-33-30(35)26-9-4-7-22-8-5-10-27(28(22)26)31(33)36/h4-5,7-14,17-19H,6,15-16H2,1-3H3. The van der Waals surface area contributed by atoms with Crippen molar-refractivity contribution in [1.29, 1.82) is 0 Å². The zero-order valence-electron chi connectivity index (χ0n) is 21.2.